The SMILES string of the molecule is N#C/C(=C/c1cn(-c2ccccc2)nc1-c1ccccc1)C(N)=S. The van der Waals surface area contributed by atoms with Crippen LogP contribution in [0.15, 0.2) is 72.4 Å². The van der Waals surface area contributed by atoms with E-state index >= 15 is 0 Å². The van der Waals surface area contributed by atoms with Gasteiger partial charge in [-0.15, -0.1) is 0 Å². The number of rotatable bonds is 4. The summed E-state index contributed by atoms with van der Waals surface area (Å²) in [4.78, 5) is 0.0731. The van der Waals surface area contributed by atoms with Crippen molar-refractivity contribution in [1.82, 2.24) is 9.78 Å². The lowest BCUT2D eigenvalue weighted by atomic mass is 10.1. The molecule has 1 heterocycles. The topological polar surface area (TPSA) is 67.6 Å². The first-order chi connectivity index (χ1) is 11.7. The van der Waals surface area contributed by atoms with E-state index in [-0.39, 0.29) is 10.6 Å². The second kappa shape index (κ2) is 6.90. The first-order valence-electron chi connectivity index (χ1n) is 7.31. The lowest BCUT2D eigenvalue weighted by molar-refractivity contribution is 0.884. The fraction of sp³-hybridized carbons (Fsp3) is 0. The molecule has 0 saturated carbocycles. The number of thiocarbonyl (C=S) groups is 1. The Balaban J connectivity index is 2.18. The van der Waals surface area contributed by atoms with Crippen molar-refractivity contribution in [1.29, 1.82) is 5.26 Å². The van der Waals surface area contributed by atoms with Gasteiger partial charge in [-0.2, -0.15) is 10.4 Å². The molecule has 0 atom stereocenters. The van der Waals surface area contributed by atoms with Crippen molar-refractivity contribution < 1.29 is 0 Å². The molecule has 0 radical (unpaired) electrons. The number of nitriles is 1. The number of hydrogen-bond donors (Lipinski definition) is 1. The number of aromatic nitrogens is 2. The molecular formula is C19H14N4S. The summed E-state index contributed by atoms with van der Waals surface area (Å²) in [6, 6.07) is 21.6. The monoisotopic (exact) mass is 330 g/mol. The zero-order valence-electron chi connectivity index (χ0n) is 12.8. The van der Waals surface area contributed by atoms with E-state index in [4.69, 9.17) is 18.0 Å². The van der Waals surface area contributed by atoms with E-state index in [0.29, 0.717) is 0 Å². The second-order valence-corrected chi connectivity index (χ2v) is 5.55. The number of nitrogens with two attached hydrogens (primary N) is 1. The first-order valence-corrected chi connectivity index (χ1v) is 7.72. The minimum absolute atomic E-state index is 0.0731. The van der Waals surface area contributed by atoms with Gasteiger partial charge in [0.1, 0.15) is 11.1 Å². The van der Waals surface area contributed by atoms with Crippen LogP contribution < -0.4 is 5.73 Å². The standard InChI is InChI=1S/C19H14N4S/c20-12-15(19(21)24)11-16-13-23(17-9-5-2-6-10-17)22-18(16)14-7-3-1-4-8-14/h1-11,13H,(H2,21,24)/b15-11-. The van der Waals surface area contributed by atoms with Gasteiger partial charge in [-0.3, -0.25) is 0 Å². The van der Waals surface area contributed by atoms with Gasteiger partial charge in [-0.1, -0.05) is 60.7 Å². The Morgan fingerprint density at radius 2 is 1.71 bits per heavy atom. The van der Waals surface area contributed by atoms with Gasteiger partial charge in [0.25, 0.3) is 0 Å². The maximum atomic E-state index is 9.23. The van der Waals surface area contributed by atoms with Gasteiger partial charge < -0.3 is 5.73 Å². The summed E-state index contributed by atoms with van der Waals surface area (Å²) in [6.45, 7) is 0. The minimum Gasteiger partial charge on any atom is -0.389 e. The Hall–Kier alpha value is -3.23. The third-order valence-corrected chi connectivity index (χ3v) is 3.72. The number of benzene rings is 2. The molecule has 5 heteroatoms. The zero-order chi connectivity index (χ0) is 16.9. The van der Waals surface area contributed by atoms with E-state index in [1.807, 2.05) is 72.9 Å². The van der Waals surface area contributed by atoms with E-state index in [1.165, 1.54) is 0 Å². The fourth-order valence-electron chi connectivity index (χ4n) is 2.34. The summed E-state index contributed by atoms with van der Waals surface area (Å²) < 4.78 is 1.78. The molecule has 0 unspecified atom stereocenters. The van der Waals surface area contributed by atoms with Crippen LogP contribution in [0.5, 0.6) is 0 Å². The van der Waals surface area contributed by atoms with Gasteiger partial charge in [-0.05, 0) is 18.2 Å². The average Bonchev–Trinajstić information content (AvgIpc) is 3.05. The van der Waals surface area contributed by atoms with Crippen LogP contribution in [0.2, 0.25) is 0 Å². The van der Waals surface area contributed by atoms with Crippen molar-refractivity contribution in [3.05, 3.63) is 78.0 Å². The quantitative estimate of drug-likeness (QED) is 0.449. The smallest absolute Gasteiger partial charge is 0.114 e. The summed E-state index contributed by atoms with van der Waals surface area (Å²) in [5, 5.41) is 13.9. The molecule has 0 aliphatic heterocycles. The maximum Gasteiger partial charge on any atom is 0.114 e. The molecule has 0 saturated heterocycles. The van der Waals surface area contributed by atoms with Gasteiger partial charge in [0.05, 0.1) is 17.0 Å². The molecule has 2 aromatic carbocycles. The molecule has 2 N–H and O–H groups in total. The predicted octanol–water partition coefficient (Wildman–Crippen LogP) is 3.73. The largest absolute Gasteiger partial charge is 0.389 e. The van der Waals surface area contributed by atoms with Crippen molar-refractivity contribution >= 4 is 23.3 Å². The summed E-state index contributed by atoms with van der Waals surface area (Å²) in [7, 11) is 0. The molecule has 1 aromatic heterocycles. The number of hydrogen-bond acceptors (Lipinski definition) is 3. The van der Waals surface area contributed by atoms with E-state index in [0.717, 1.165) is 22.5 Å². The Labute approximate surface area is 145 Å². The summed E-state index contributed by atoms with van der Waals surface area (Å²) in [6.07, 6.45) is 3.55. The van der Waals surface area contributed by atoms with Crippen LogP contribution in [-0.4, -0.2) is 14.8 Å². The molecule has 0 amide bonds. The molecule has 0 bridgehead atoms. The normalized spacial score (nSPS) is 11.0. The highest BCUT2D eigenvalue weighted by molar-refractivity contribution is 7.80. The van der Waals surface area contributed by atoms with Crippen molar-refractivity contribution in [2.45, 2.75) is 0 Å². The van der Waals surface area contributed by atoms with Gasteiger partial charge in [0, 0.05) is 17.3 Å². The van der Waals surface area contributed by atoms with E-state index in [2.05, 4.69) is 5.10 Å². The summed E-state index contributed by atoms with van der Waals surface area (Å²) in [5.74, 6) is 0. The molecule has 4 nitrogen and oxygen atoms in total. The van der Waals surface area contributed by atoms with E-state index in [1.54, 1.807) is 10.8 Å². The predicted molar refractivity (Wildman–Crippen MR) is 99.4 cm³/mol. The molecule has 0 fully saturated rings. The number of para-hydroxylation sites is 1. The van der Waals surface area contributed by atoms with E-state index in [9.17, 15) is 5.26 Å². The highest BCUT2D eigenvalue weighted by Crippen LogP contribution is 2.25. The molecule has 0 spiro atoms. The second-order valence-electron chi connectivity index (χ2n) is 5.11. The fourth-order valence-corrected chi connectivity index (χ4v) is 2.44. The van der Waals surface area contributed by atoms with Crippen molar-refractivity contribution in [3.8, 4) is 23.0 Å². The lowest BCUT2D eigenvalue weighted by Crippen LogP contribution is -2.09. The van der Waals surface area contributed by atoms with Crippen molar-refractivity contribution in [2.24, 2.45) is 5.73 Å². The van der Waals surface area contributed by atoms with Gasteiger partial charge in [0.2, 0.25) is 0 Å². The Morgan fingerprint density at radius 1 is 1.08 bits per heavy atom. The van der Waals surface area contributed by atoms with Crippen LogP contribution in [0.4, 0.5) is 0 Å². The van der Waals surface area contributed by atoms with Crippen LogP contribution in [0.3, 0.4) is 0 Å². The van der Waals surface area contributed by atoms with Crippen LogP contribution in [-0.2, 0) is 0 Å². The highest BCUT2D eigenvalue weighted by Gasteiger charge is 2.12. The van der Waals surface area contributed by atoms with Crippen LogP contribution >= 0.6 is 12.2 Å². The van der Waals surface area contributed by atoms with E-state index < -0.39 is 0 Å². The third-order valence-electron chi connectivity index (χ3n) is 3.50. The van der Waals surface area contributed by atoms with Crippen LogP contribution in [0.1, 0.15) is 5.56 Å². The lowest BCUT2D eigenvalue weighted by Gasteiger charge is -2.00. The first kappa shape index (κ1) is 15.7. The summed E-state index contributed by atoms with van der Waals surface area (Å²) in [5.41, 5.74) is 9.32. The molecule has 3 rings (SSSR count). The highest BCUT2D eigenvalue weighted by atomic mass is 32.1. The van der Waals surface area contributed by atoms with Crippen molar-refractivity contribution in [2.75, 3.05) is 0 Å². The Morgan fingerprint density at radius 3 is 2.29 bits per heavy atom. The van der Waals surface area contributed by atoms with Crippen LogP contribution in [0.25, 0.3) is 23.0 Å². The Kier molecular flexibility index (Phi) is 4.50. The average molecular weight is 330 g/mol. The zero-order valence-corrected chi connectivity index (χ0v) is 13.6. The third kappa shape index (κ3) is 3.24. The molecular weight excluding hydrogens is 316 g/mol. The molecule has 0 aliphatic rings. The summed E-state index contributed by atoms with van der Waals surface area (Å²) >= 11 is 4.94. The van der Waals surface area contributed by atoms with Gasteiger partial charge in [-0.25, -0.2) is 4.68 Å². The Bertz CT molecular complexity index is 935. The van der Waals surface area contributed by atoms with Crippen LogP contribution in [0, 0.1) is 11.3 Å². The molecule has 3 aromatic rings. The van der Waals surface area contributed by atoms with Gasteiger partial charge in [0.15, 0.2) is 0 Å². The minimum atomic E-state index is 0.0731. The van der Waals surface area contributed by atoms with Gasteiger partial charge >= 0.3 is 0 Å². The molecule has 0 aliphatic carbocycles. The van der Waals surface area contributed by atoms with Crippen molar-refractivity contribution in [3.63, 3.8) is 0 Å². The molecule has 24 heavy (non-hydrogen) atoms. The molecule has 116 valence electrons. The maximum absolute atomic E-state index is 9.23. The number of nitrogens with zero attached hydrogens (tertiary/aromatic N) is 3.